The van der Waals surface area contributed by atoms with Crippen LogP contribution in [-0.4, -0.2) is 36.1 Å². The number of aryl methyl sites for hydroxylation is 1. The van der Waals surface area contributed by atoms with Crippen LogP contribution in [0.1, 0.15) is 34.5 Å². The van der Waals surface area contributed by atoms with Gasteiger partial charge in [-0.2, -0.15) is 0 Å². The van der Waals surface area contributed by atoms with Gasteiger partial charge in [0.1, 0.15) is 22.7 Å². The van der Waals surface area contributed by atoms with Gasteiger partial charge >= 0.3 is 0 Å². The molecule has 0 saturated carbocycles. The minimum absolute atomic E-state index is 0.203. The number of ether oxygens (including phenoxy) is 1. The van der Waals surface area contributed by atoms with Crippen molar-refractivity contribution >= 4 is 50.6 Å². The molecule has 1 aliphatic heterocycles. The molecule has 0 bridgehead atoms. The fourth-order valence-corrected chi connectivity index (χ4v) is 4.78. The number of carbonyl (C=O) groups is 1. The molecule has 0 unspecified atom stereocenters. The summed E-state index contributed by atoms with van der Waals surface area (Å²) in [5.41, 5.74) is 1.44. The Hall–Kier alpha value is -2.38. The zero-order valence-electron chi connectivity index (χ0n) is 15.8. The summed E-state index contributed by atoms with van der Waals surface area (Å²) in [5.74, 6) is 1.29. The first-order valence-electron chi connectivity index (χ1n) is 9.22. The molecule has 146 valence electrons. The highest BCUT2D eigenvalue weighted by Gasteiger charge is 2.23. The highest BCUT2D eigenvalue weighted by molar-refractivity contribution is 7.20. The van der Waals surface area contributed by atoms with Crippen LogP contribution in [0.2, 0.25) is 5.02 Å². The number of piperidine rings is 1. The molecule has 8 heteroatoms. The van der Waals surface area contributed by atoms with Crippen LogP contribution in [0.25, 0.3) is 10.2 Å². The highest BCUT2D eigenvalue weighted by Crippen LogP contribution is 2.36. The van der Waals surface area contributed by atoms with Crippen molar-refractivity contribution in [3.05, 3.63) is 40.0 Å². The van der Waals surface area contributed by atoms with E-state index in [9.17, 15) is 4.79 Å². The number of halogens is 1. The molecule has 0 aliphatic carbocycles. The summed E-state index contributed by atoms with van der Waals surface area (Å²) >= 11 is 7.46. The summed E-state index contributed by atoms with van der Waals surface area (Å²) in [5, 5.41) is 4.42. The second kappa shape index (κ2) is 7.93. The average molecular weight is 417 g/mol. The maximum Gasteiger partial charge on any atom is 0.266 e. The van der Waals surface area contributed by atoms with E-state index in [0.717, 1.165) is 47.5 Å². The standard InChI is InChI=1S/C20H21ClN4O2S/c1-12-16-18(25-8-4-3-5-9-25)22-11-23-20(16)28-17(12)19(26)24-14-10-13(21)6-7-15(14)27-2/h6-7,10-11H,3-5,8-9H2,1-2H3,(H,24,26). The van der Waals surface area contributed by atoms with Gasteiger partial charge in [0, 0.05) is 18.1 Å². The largest absolute Gasteiger partial charge is 0.495 e. The summed E-state index contributed by atoms with van der Waals surface area (Å²) < 4.78 is 5.33. The van der Waals surface area contributed by atoms with Crippen molar-refractivity contribution in [2.45, 2.75) is 26.2 Å². The molecule has 1 N–H and O–H groups in total. The van der Waals surface area contributed by atoms with Gasteiger partial charge in [0.05, 0.1) is 23.1 Å². The van der Waals surface area contributed by atoms with E-state index in [2.05, 4.69) is 20.2 Å². The van der Waals surface area contributed by atoms with E-state index in [-0.39, 0.29) is 5.91 Å². The molecule has 0 spiro atoms. The molecular weight excluding hydrogens is 396 g/mol. The second-order valence-corrected chi connectivity index (χ2v) is 8.22. The van der Waals surface area contributed by atoms with Gasteiger partial charge in [-0.15, -0.1) is 11.3 Å². The number of nitrogens with zero attached hydrogens (tertiary/aromatic N) is 3. The minimum atomic E-state index is -0.203. The second-order valence-electron chi connectivity index (χ2n) is 6.78. The summed E-state index contributed by atoms with van der Waals surface area (Å²) in [4.78, 5) is 25.7. The van der Waals surface area contributed by atoms with Crippen LogP contribution < -0.4 is 15.0 Å². The van der Waals surface area contributed by atoms with Crippen molar-refractivity contribution < 1.29 is 9.53 Å². The van der Waals surface area contributed by atoms with E-state index in [4.69, 9.17) is 16.3 Å². The predicted molar refractivity (Wildman–Crippen MR) is 114 cm³/mol. The Labute approximate surface area is 172 Å². The Kier molecular flexibility index (Phi) is 5.37. The topological polar surface area (TPSA) is 67.3 Å². The average Bonchev–Trinajstić information content (AvgIpc) is 3.06. The zero-order valence-corrected chi connectivity index (χ0v) is 17.4. The van der Waals surface area contributed by atoms with Crippen LogP contribution in [0.3, 0.4) is 0 Å². The summed E-state index contributed by atoms with van der Waals surface area (Å²) in [6.07, 6.45) is 5.17. The predicted octanol–water partition coefficient (Wildman–Crippen LogP) is 4.90. The number of benzene rings is 1. The molecule has 1 saturated heterocycles. The van der Waals surface area contributed by atoms with Crippen molar-refractivity contribution in [1.29, 1.82) is 0 Å². The Morgan fingerprint density at radius 3 is 2.79 bits per heavy atom. The first kappa shape index (κ1) is 19.0. The Morgan fingerprint density at radius 2 is 2.04 bits per heavy atom. The monoisotopic (exact) mass is 416 g/mol. The molecule has 0 atom stereocenters. The van der Waals surface area contributed by atoms with Crippen LogP contribution in [0, 0.1) is 6.92 Å². The first-order chi connectivity index (χ1) is 13.6. The molecular formula is C20H21ClN4O2S. The van der Waals surface area contributed by atoms with Crippen molar-refractivity contribution in [2.75, 3.05) is 30.4 Å². The third kappa shape index (κ3) is 3.52. The molecule has 3 heterocycles. The van der Waals surface area contributed by atoms with Crippen molar-refractivity contribution in [1.82, 2.24) is 9.97 Å². The van der Waals surface area contributed by atoms with Gasteiger partial charge in [-0.3, -0.25) is 4.79 Å². The van der Waals surface area contributed by atoms with Crippen LogP contribution in [0.5, 0.6) is 5.75 Å². The summed E-state index contributed by atoms with van der Waals surface area (Å²) in [7, 11) is 1.56. The van der Waals surface area contributed by atoms with Crippen molar-refractivity contribution in [2.24, 2.45) is 0 Å². The Balaban J connectivity index is 1.70. The van der Waals surface area contributed by atoms with E-state index >= 15 is 0 Å². The van der Waals surface area contributed by atoms with Crippen LogP contribution >= 0.6 is 22.9 Å². The fraction of sp³-hybridized carbons (Fsp3) is 0.350. The van der Waals surface area contributed by atoms with Gasteiger partial charge in [-0.25, -0.2) is 9.97 Å². The molecule has 1 fully saturated rings. The molecule has 6 nitrogen and oxygen atoms in total. The number of methoxy groups -OCH3 is 1. The molecule has 0 radical (unpaired) electrons. The summed E-state index contributed by atoms with van der Waals surface area (Å²) in [6.45, 7) is 3.94. The van der Waals surface area contributed by atoms with E-state index in [1.165, 1.54) is 17.8 Å². The van der Waals surface area contributed by atoms with Crippen molar-refractivity contribution in [3.8, 4) is 5.75 Å². The number of fused-ring (bicyclic) bond motifs is 1. The smallest absolute Gasteiger partial charge is 0.266 e. The first-order valence-corrected chi connectivity index (χ1v) is 10.4. The Bertz CT molecular complexity index is 1030. The number of nitrogens with one attached hydrogen (secondary N) is 1. The number of anilines is 2. The van der Waals surface area contributed by atoms with Gasteiger partial charge in [0.2, 0.25) is 0 Å². The number of carbonyl (C=O) groups excluding carboxylic acids is 1. The third-order valence-corrected chi connectivity index (χ3v) is 6.41. The van der Waals surface area contributed by atoms with E-state index in [1.807, 2.05) is 6.92 Å². The Morgan fingerprint density at radius 1 is 1.25 bits per heavy atom. The molecule has 4 rings (SSSR count). The van der Waals surface area contributed by atoms with Gasteiger partial charge in [0.25, 0.3) is 5.91 Å². The van der Waals surface area contributed by atoms with E-state index in [0.29, 0.717) is 21.3 Å². The third-order valence-electron chi connectivity index (χ3n) is 4.98. The van der Waals surface area contributed by atoms with Gasteiger partial charge < -0.3 is 15.0 Å². The zero-order chi connectivity index (χ0) is 19.7. The number of amides is 1. The van der Waals surface area contributed by atoms with E-state index < -0.39 is 0 Å². The molecule has 3 aromatic rings. The molecule has 28 heavy (non-hydrogen) atoms. The fourth-order valence-electron chi connectivity index (χ4n) is 3.57. The number of hydrogen-bond donors (Lipinski definition) is 1. The van der Waals surface area contributed by atoms with E-state index in [1.54, 1.807) is 31.6 Å². The number of thiophene rings is 1. The lowest BCUT2D eigenvalue weighted by Crippen LogP contribution is -2.30. The maximum absolute atomic E-state index is 13.0. The lowest BCUT2D eigenvalue weighted by atomic mass is 10.1. The van der Waals surface area contributed by atoms with Crippen LogP contribution in [0.4, 0.5) is 11.5 Å². The van der Waals surface area contributed by atoms with Crippen molar-refractivity contribution in [3.63, 3.8) is 0 Å². The number of hydrogen-bond acceptors (Lipinski definition) is 6. The lowest BCUT2D eigenvalue weighted by molar-refractivity contribution is 0.102. The number of rotatable bonds is 4. The van der Waals surface area contributed by atoms with Gasteiger partial charge in [-0.05, 0) is 49.9 Å². The van der Waals surface area contributed by atoms with Gasteiger partial charge in [-0.1, -0.05) is 11.6 Å². The maximum atomic E-state index is 13.0. The minimum Gasteiger partial charge on any atom is -0.495 e. The molecule has 1 amide bonds. The number of aromatic nitrogens is 2. The molecule has 1 aliphatic rings. The SMILES string of the molecule is COc1ccc(Cl)cc1NC(=O)c1sc2ncnc(N3CCCCC3)c2c1C. The normalized spacial score (nSPS) is 14.3. The molecule has 1 aromatic carbocycles. The molecule has 2 aromatic heterocycles. The lowest BCUT2D eigenvalue weighted by Gasteiger charge is -2.28. The van der Waals surface area contributed by atoms with Crippen LogP contribution in [-0.2, 0) is 0 Å². The summed E-state index contributed by atoms with van der Waals surface area (Å²) in [6, 6.07) is 5.14. The highest BCUT2D eigenvalue weighted by atomic mass is 35.5. The quantitative estimate of drug-likeness (QED) is 0.654. The van der Waals surface area contributed by atoms with Crippen LogP contribution in [0.15, 0.2) is 24.5 Å². The van der Waals surface area contributed by atoms with Gasteiger partial charge in [0.15, 0.2) is 0 Å².